The molecule has 1 aliphatic rings. The van der Waals surface area contributed by atoms with Crippen LogP contribution in [0.25, 0.3) is 0 Å². The second-order valence-corrected chi connectivity index (χ2v) is 7.63. The van der Waals surface area contributed by atoms with Crippen molar-refractivity contribution >= 4 is 28.9 Å². The normalized spacial score (nSPS) is 18.0. The van der Waals surface area contributed by atoms with Crippen molar-refractivity contribution in [3.05, 3.63) is 50.9 Å². The summed E-state index contributed by atoms with van der Waals surface area (Å²) < 4.78 is 16.3. The van der Waals surface area contributed by atoms with Gasteiger partial charge >= 0.3 is 5.97 Å². The van der Waals surface area contributed by atoms with E-state index in [1.807, 2.05) is 29.6 Å². The van der Waals surface area contributed by atoms with Crippen molar-refractivity contribution in [2.45, 2.75) is 45.0 Å². The Bertz CT molecular complexity index is 713. The van der Waals surface area contributed by atoms with E-state index in [1.165, 1.54) is 0 Å². The Kier molecular flexibility index (Phi) is 7.02. The molecule has 1 aliphatic heterocycles. The number of benzene rings is 1. The number of carbonyl (C=O) groups is 1. The third-order valence-electron chi connectivity index (χ3n) is 4.12. The first-order chi connectivity index (χ1) is 12.6. The molecule has 2 aromatic rings. The molecule has 2 atom stereocenters. The maximum atomic E-state index is 12.0. The van der Waals surface area contributed by atoms with Crippen molar-refractivity contribution in [2.24, 2.45) is 0 Å². The van der Waals surface area contributed by atoms with Crippen LogP contribution in [-0.2, 0) is 32.0 Å². The first-order valence-corrected chi connectivity index (χ1v) is 9.93. The van der Waals surface area contributed by atoms with Gasteiger partial charge in [-0.2, -0.15) is 0 Å². The topological polar surface area (TPSA) is 57.7 Å². The molecular formula is C19H22ClNO4S. The highest BCUT2D eigenvalue weighted by Gasteiger charge is 2.21. The van der Waals surface area contributed by atoms with Crippen LogP contribution in [0.5, 0.6) is 0 Å². The number of carbonyl (C=O) groups excluding carboxylic acids is 1. The predicted molar refractivity (Wildman–Crippen MR) is 101 cm³/mol. The summed E-state index contributed by atoms with van der Waals surface area (Å²) in [7, 11) is 0. The maximum absolute atomic E-state index is 12.0. The van der Waals surface area contributed by atoms with Gasteiger partial charge in [0, 0.05) is 23.4 Å². The average Bonchev–Trinajstić information content (AvgIpc) is 3.31. The Morgan fingerprint density at radius 3 is 2.96 bits per heavy atom. The van der Waals surface area contributed by atoms with Gasteiger partial charge in [-0.3, -0.25) is 0 Å². The van der Waals surface area contributed by atoms with Gasteiger partial charge in [0.1, 0.15) is 6.61 Å². The summed E-state index contributed by atoms with van der Waals surface area (Å²) in [6.07, 6.45) is 2.26. The lowest BCUT2D eigenvalue weighted by molar-refractivity contribution is -0.159. The van der Waals surface area contributed by atoms with E-state index in [0.29, 0.717) is 6.61 Å². The largest absolute Gasteiger partial charge is 0.457 e. The molecular weight excluding hydrogens is 374 g/mol. The highest BCUT2D eigenvalue weighted by atomic mass is 35.5. The number of esters is 1. The minimum absolute atomic E-state index is 0.0965. The van der Waals surface area contributed by atoms with E-state index in [4.69, 9.17) is 25.8 Å². The van der Waals surface area contributed by atoms with Gasteiger partial charge in [-0.25, -0.2) is 9.78 Å². The summed E-state index contributed by atoms with van der Waals surface area (Å²) in [6.45, 7) is 3.06. The smallest absolute Gasteiger partial charge is 0.335 e. The minimum Gasteiger partial charge on any atom is -0.457 e. The van der Waals surface area contributed by atoms with Crippen LogP contribution in [0, 0.1) is 0 Å². The molecule has 2 heterocycles. The molecule has 5 nitrogen and oxygen atoms in total. The van der Waals surface area contributed by atoms with Crippen LogP contribution in [0.4, 0.5) is 0 Å². The van der Waals surface area contributed by atoms with E-state index in [-0.39, 0.29) is 18.7 Å². The summed E-state index contributed by atoms with van der Waals surface area (Å²) in [5.74, 6) is -0.379. The molecule has 140 valence electrons. The lowest BCUT2D eigenvalue weighted by Crippen LogP contribution is -2.27. The van der Waals surface area contributed by atoms with Gasteiger partial charge in [0.15, 0.2) is 6.10 Å². The van der Waals surface area contributed by atoms with Gasteiger partial charge in [0.25, 0.3) is 0 Å². The van der Waals surface area contributed by atoms with Crippen LogP contribution in [0.2, 0.25) is 5.02 Å². The number of rotatable bonds is 8. The van der Waals surface area contributed by atoms with Gasteiger partial charge in [0.05, 0.1) is 23.4 Å². The maximum Gasteiger partial charge on any atom is 0.335 e. The average molecular weight is 396 g/mol. The second-order valence-electron chi connectivity index (χ2n) is 6.25. The summed E-state index contributed by atoms with van der Waals surface area (Å²) >= 11 is 7.45. The fourth-order valence-corrected chi connectivity index (χ4v) is 3.57. The van der Waals surface area contributed by atoms with Gasteiger partial charge in [-0.15, -0.1) is 11.3 Å². The monoisotopic (exact) mass is 395 g/mol. The third kappa shape index (κ3) is 5.77. The molecule has 0 spiro atoms. The molecule has 1 saturated heterocycles. The number of halogens is 1. The number of thiazole rings is 1. The molecule has 0 N–H and O–H groups in total. The molecule has 3 rings (SSSR count). The molecule has 7 heteroatoms. The SMILES string of the molecule is CC(OCC1CCCO1)C(=O)OCc1csc(Cc2ccc(Cl)cc2)n1. The predicted octanol–water partition coefficient (Wildman–Crippen LogP) is 4.01. The van der Waals surface area contributed by atoms with E-state index < -0.39 is 6.10 Å². The molecule has 1 aromatic heterocycles. The van der Waals surface area contributed by atoms with E-state index >= 15 is 0 Å². The van der Waals surface area contributed by atoms with E-state index in [9.17, 15) is 4.79 Å². The standard InChI is InChI=1S/C19H22ClNO4S/c1-13(24-11-17-3-2-8-23-17)19(22)25-10-16-12-26-18(21-16)9-14-4-6-15(20)7-5-14/h4-7,12-13,17H,2-3,8-11H2,1H3. The quantitative estimate of drug-likeness (QED) is 0.632. The lowest BCUT2D eigenvalue weighted by Gasteiger charge is -2.15. The highest BCUT2D eigenvalue weighted by molar-refractivity contribution is 7.09. The zero-order chi connectivity index (χ0) is 18.4. The Morgan fingerprint density at radius 1 is 1.42 bits per heavy atom. The van der Waals surface area contributed by atoms with Crippen LogP contribution in [0.3, 0.4) is 0 Å². The molecule has 0 radical (unpaired) electrons. The summed E-state index contributed by atoms with van der Waals surface area (Å²) in [5.41, 5.74) is 1.89. The van der Waals surface area contributed by atoms with E-state index in [2.05, 4.69) is 4.98 Å². The Labute approximate surface area is 162 Å². The first-order valence-electron chi connectivity index (χ1n) is 8.67. The van der Waals surface area contributed by atoms with Crippen LogP contribution in [0.1, 0.15) is 36.0 Å². The van der Waals surface area contributed by atoms with Crippen molar-refractivity contribution in [2.75, 3.05) is 13.2 Å². The van der Waals surface area contributed by atoms with Gasteiger partial charge < -0.3 is 14.2 Å². The molecule has 0 saturated carbocycles. The zero-order valence-electron chi connectivity index (χ0n) is 14.7. The number of hydrogen-bond donors (Lipinski definition) is 0. The molecule has 2 unspecified atom stereocenters. The Hall–Kier alpha value is -1.47. The molecule has 0 amide bonds. The number of ether oxygens (including phenoxy) is 3. The molecule has 0 bridgehead atoms. The Balaban J connectivity index is 1.41. The van der Waals surface area contributed by atoms with E-state index in [0.717, 1.165) is 47.2 Å². The first kappa shape index (κ1) is 19.3. The highest BCUT2D eigenvalue weighted by Crippen LogP contribution is 2.18. The van der Waals surface area contributed by atoms with Crippen molar-refractivity contribution in [3.63, 3.8) is 0 Å². The second kappa shape index (κ2) is 9.46. The van der Waals surface area contributed by atoms with Gasteiger partial charge in [-0.05, 0) is 37.5 Å². The van der Waals surface area contributed by atoms with Crippen LogP contribution < -0.4 is 0 Å². The zero-order valence-corrected chi connectivity index (χ0v) is 16.2. The minimum atomic E-state index is -0.605. The van der Waals surface area contributed by atoms with Gasteiger partial charge in [-0.1, -0.05) is 23.7 Å². The number of aromatic nitrogens is 1. The fourth-order valence-electron chi connectivity index (χ4n) is 2.63. The summed E-state index contributed by atoms with van der Waals surface area (Å²) in [6, 6.07) is 7.70. The summed E-state index contributed by atoms with van der Waals surface area (Å²) in [4.78, 5) is 16.5. The van der Waals surface area contributed by atoms with E-state index in [1.54, 1.807) is 18.3 Å². The molecule has 1 fully saturated rings. The van der Waals surface area contributed by atoms with Crippen molar-refractivity contribution in [1.82, 2.24) is 4.98 Å². The van der Waals surface area contributed by atoms with Crippen molar-refractivity contribution in [1.29, 1.82) is 0 Å². The lowest BCUT2D eigenvalue weighted by atomic mass is 10.2. The molecule has 26 heavy (non-hydrogen) atoms. The van der Waals surface area contributed by atoms with Crippen molar-refractivity contribution in [3.8, 4) is 0 Å². The summed E-state index contributed by atoms with van der Waals surface area (Å²) in [5, 5.41) is 3.61. The fraction of sp³-hybridized carbons (Fsp3) is 0.474. The van der Waals surface area contributed by atoms with Gasteiger partial charge in [0.2, 0.25) is 0 Å². The molecule has 1 aromatic carbocycles. The van der Waals surface area contributed by atoms with Crippen LogP contribution in [-0.4, -0.2) is 36.4 Å². The Morgan fingerprint density at radius 2 is 2.23 bits per heavy atom. The van der Waals surface area contributed by atoms with Crippen LogP contribution >= 0.6 is 22.9 Å². The number of hydrogen-bond acceptors (Lipinski definition) is 6. The third-order valence-corrected chi connectivity index (χ3v) is 5.27. The number of nitrogens with zero attached hydrogens (tertiary/aromatic N) is 1. The molecule has 0 aliphatic carbocycles. The van der Waals surface area contributed by atoms with Crippen molar-refractivity contribution < 1.29 is 19.0 Å². The van der Waals surface area contributed by atoms with Crippen LogP contribution in [0.15, 0.2) is 29.6 Å².